The Balaban J connectivity index is 2.80. The number of benzene rings is 1. The molecule has 0 saturated carbocycles. The van der Waals surface area contributed by atoms with Crippen molar-refractivity contribution in [1.82, 2.24) is 0 Å². The number of aryl methyl sites for hydroxylation is 1. The predicted molar refractivity (Wildman–Crippen MR) is 61.3 cm³/mol. The van der Waals surface area contributed by atoms with Crippen LogP contribution in [0.2, 0.25) is 0 Å². The highest BCUT2D eigenvalue weighted by Crippen LogP contribution is 2.31. The molecule has 0 aliphatic heterocycles. The molecular formula is C10H8Br2O. The molecule has 0 spiro atoms. The molecule has 68 valence electrons. The van der Waals surface area contributed by atoms with Gasteiger partial charge in [0.2, 0.25) is 0 Å². The fraction of sp³-hybridized carbons (Fsp3) is 0.200. The second-order valence-electron chi connectivity index (χ2n) is 2.99. The van der Waals surface area contributed by atoms with E-state index in [0.717, 1.165) is 15.6 Å². The van der Waals surface area contributed by atoms with Gasteiger partial charge in [-0.1, -0.05) is 27.6 Å². The number of fused-ring (bicyclic) bond motifs is 1. The molecule has 2 rings (SSSR count). The van der Waals surface area contributed by atoms with Crippen LogP contribution in [0.1, 0.15) is 11.1 Å². The van der Waals surface area contributed by atoms with Crippen molar-refractivity contribution < 1.29 is 4.42 Å². The van der Waals surface area contributed by atoms with Gasteiger partial charge in [-0.15, -0.1) is 0 Å². The molecule has 3 heteroatoms. The van der Waals surface area contributed by atoms with Gasteiger partial charge >= 0.3 is 0 Å². The van der Waals surface area contributed by atoms with Crippen molar-refractivity contribution in [1.29, 1.82) is 0 Å². The number of rotatable bonds is 1. The molecule has 0 aliphatic rings. The van der Waals surface area contributed by atoms with Gasteiger partial charge in [-0.25, -0.2) is 0 Å². The van der Waals surface area contributed by atoms with Crippen LogP contribution in [0.5, 0.6) is 0 Å². The van der Waals surface area contributed by atoms with E-state index in [2.05, 4.69) is 50.9 Å². The third kappa shape index (κ3) is 1.55. The van der Waals surface area contributed by atoms with E-state index in [9.17, 15) is 0 Å². The summed E-state index contributed by atoms with van der Waals surface area (Å²) in [5, 5.41) is 1.99. The molecule has 13 heavy (non-hydrogen) atoms. The lowest BCUT2D eigenvalue weighted by Crippen LogP contribution is -1.75. The van der Waals surface area contributed by atoms with Gasteiger partial charge in [0.05, 0.1) is 0 Å². The zero-order valence-electron chi connectivity index (χ0n) is 7.10. The van der Waals surface area contributed by atoms with E-state index in [4.69, 9.17) is 4.42 Å². The lowest BCUT2D eigenvalue weighted by atomic mass is 10.1. The highest BCUT2D eigenvalue weighted by Gasteiger charge is 2.10. The van der Waals surface area contributed by atoms with E-state index < -0.39 is 0 Å². The molecule has 0 N–H and O–H groups in total. The molecule has 0 atom stereocenters. The van der Waals surface area contributed by atoms with E-state index in [0.29, 0.717) is 0 Å². The van der Waals surface area contributed by atoms with Crippen LogP contribution >= 0.6 is 31.9 Å². The van der Waals surface area contributed by atoms with Gasteiger partial charge in [-0.2, -0.15) is 0 Å². The summed E-state index contributed by atoms with van der Waals surface area (Å²) >= 11 is 6.84. The zero-order chi connectivity index (χ0) is 9.42. The minimum Gasteiger partial charge on any atom is -0.449 e. The Morgan fingerprint density at radius 1 is 1.38 bits per heavy atom. The lowest BCUT2D eigenvalue weighted by Gasteiger charge is -1.93. The van der Waals surface area contributed by atoms with Crippen LogP contribution in [0.15, 0.2) is 27.3 Å². The zero-order valence-corrected chi connectivity index (χ0v) is 10.3. The molecule has 1 heterocycles. The van der Waals surface area contributed by atoms with Crippen LogP contribution in [0.3, 0.4) is 0 Å². The first-order valence-corrected chi connectivity index (χ1v) is 5.87. The molecule has 1 nitrogen and oxygen atoms in total. The van der Waals surface area contributed by atoms with Gasteiger partial charge in [-0.05, 0) is 35.0 Å². The Morgan fingerprint density at radius 2 is 2.15 bits per heavy atom. The quantitative estimate of drug-likeness (QED) is 0.712. The lowest BCUT2D eigenvalue weighted by molar-refractivity contribution is 0.583. The minimum absolute atomic E-state index is 0.810. The maximum Gasteiger partial charge on any atom is 0.174 e. The Hall–Kier alpha value is -0.280. The average molecular weight is 304 g/mol. The van der Waals surface area contributed by atoms with Crippen molar-refractivity contribution in [3.05, 3.63) is 34.0 Å². The van der Waals surface area contributed by atoms with Crippen molar-refractivity contribution in [3.8, 4) is 0 Å². The maximum atomic E-state index is 5.53. The number of alkyl halides is 1. The molecule has 0 bridgehead atoms. The second kappa shape index (κ2) is 3.46. The highest BCUT2D eigenvalue weighted by molar-refractivity contribution is 9.10. The number of hydrogen-bond acceptors (Lipinski definition) is 1. The van der Waals surface area contributed by atoms with Crippen molar-refractivity contribution in [3.63, 3.8) is 0 Å². The van der Waals surface area contributed by atoms with E-state index in [1.807, 2.05) is 6.07 Å². The van der Waals surface area contributed by atoms with E-state index >= 15 is 0 Å². The van der Waals surface area contributed by atoms with Crippen molar-refractivity contribution in [2.24, 2.45) is 0 Å². The molecule has 2 aromatic rings. The average Bonchev–Trinajstić information content (AvgIpc) is 2.40. The maximum absolute atomic E-state index is 5.53. The van der Waals surface area contributed by atoms with Crippen LogP contribution in [0.25, 0.3) is 11.0 Å². The SMILES string of the molecule is Cc1ccc2oc(Br)c(CBr)c2c1. The summed E-state index contributed by atoms with van der Waals surface area (Å²) in [5.74, 6) is 0. The molecule has 0 fully saturated rings. The van der Waals surface area contributed by atoms with E-state index in [1.54, 1.807) is 0 Å². The molecule has 1 aromatic carbocycles. The molecule has 0 amide bonds. The summed E-state index contributed by atoms with van der Waals surface area (Å²) in [4.78, 5) is 0. The van der Waals surface area contributed by atoms with E-state index in [-0.39, 0.29) is 0 Å². The summed E-state index contributed by atoms with van der Waals surface area (Å²) in [7, 11) is 0. The van der Waals surface area contributed by atoms with Crippen LogP contribution in [-0.4, -0.2) is 0 Å². The molecule has 0 unspecified atom stereocenters. The van der Waals surface area contributed by atoms with Crippen LogP contribution in [-0.2, 0) is 5.33 Å². The summed E-state index contributed by atoms with van der Waals surface area (Å²) in [6, 6.07) is 6.19. The monoisotopic (exact) mass is 302 g/mol. The fourth-order valence-corrected chi connectivity index (χ4v) is 2.82. The number of furan rings is 1. The first kappa shape index (κ1) is 9.28. The molecular weight excluding hydrogens is 296 g/mol. The Morgan fingerprint density at radius 3 is 2.85 bits per heavy atom. The first-order chi connectivity index (χ1) is 6.22. The summed E-state index contributed by atoms with van der Waals surface area (Å²) in [6.07, 6.45) is 0. The second-order valence-corrected chi connectivity index (χ2v) is 4.27. The van der Waals surface area contributed by atoms with Gasteiger partial charge in [0.1, 0.15) is 5.58 Å². The molecule has 0 aliphatic carbocycles. The normalized spacial score (nSPS) is 11.0. The Kier molecular flexibility index (Phi) is 2.47. The third-order valence-electron chi connectivity index (χ3n) is 2.03. The summed E-state index contributed by atoms with van der Waals surface area (Å²) in [6.45, 7) is 2.08. The van der Waals surface area contributed by atoms with Gasteiger partial charge in [-0.3, -0.25) is 0 Å². The highest BCUT2D eigenvalue weighted by atomic mass is 79.9. The van der Waals surface area contributed by atoms with Gasteiger partial charge in [0.25, 0.3) is 0 Å². The standard InChI is InChI=1S/C10H8Br2O/c1-6-2-3-9-7(4-6)8(5-11)10(12)13-9/h2-4H,5H2,1H3. The first-order valence-electron chi connectivity index (χ1n) is 3.96. The topological polar surface area (TPSA) is 13.1 Å². The van der Waals surface area contributed by atoms with Crippen LogP contribution < -0.4 is 0 Å². The van der Waals surface area contributed by atoms with Crippen molar-refractivity contribution in [2.75, 3.05) is 0 Å². The van der Waals surface area contributed by atoms with Gasteiger partial charge in [0.15, 0.2) is 4.67 Å². The Labute approximate surface area is 93.4 Å². The number of halogens is 2. The van der Waals surface area contributed by atoms with E-state index in [1.165, 1.54) is 16.5 Å². The van der Waals surface area contributed by atoms with Crippen molar-refractivity contribution in [2.45, 2.75) is 12.3 Å². The predicted octanol–water partition coefficient (Wildman–Crippen LogP) is 4.40. The fourth-order valence-electron chi connectivity index (χ4n) is 1.36. The third-order valence-corrected chi connectivity index (χ3v) is 3.23. The largest absolute Gasteiger partial charge is 0.449 e. The smallest absolute Gasteiger partial charge is 0.174 e. The van der Waals surface area contributed by atoms with Crippen LogP contribution in [0.4, 0.5) is 0 Å². The Bertz CT molecular complexity index is 445. The van der Waals surface area contributed by atoms with Gasteiger partial charge < -0.3 is 4.42 Å². The van der Waals surface area contributed by atoms with Crippen molar-refractivity contribution >= 4 is 42.8 Å². The molecule has 0 radical (unpaired) electrons. The summed E-state index contributed by atoms with van der Waals surface area (Å²) < 4.78 is 6.36. The number of hydrogen-bond donors (Lipinski definition) is 0. The molecule has 1 aromatic heterocycles. The van der Waals surface area contributed by atoms with Crippen LogP contribution in [0, 0.1) is 6.92 Å². The summed E-state index contributed by atoms with van der Waals surface area (Å²) in [5.41, 5.74) is 3.37. The van der Waals surface area contributed by atoms with Gasteiger partial charge in [0, 0.05) is 16.3 Å². The molecule has 0 saturated heterocycles. The minimum atomic E-state index is 0.810.